The first-order valence-electron chi connectivity index (χ1n) is 12.8. The first kappa shape index (κ1) is 29.0. The zero-order valence-corrected chi connectivity index (χ0v) is 22.9. The second-order valence-electron chi connectivity index (χ2n) is 10.0. The first-order chi connectivity index (χ1) is 16.5. The minimum atomic E-state index is -3.91. The van der Waals surface area contributed by atoms with Crippen LogP contribution in [0.5, 0.6) is 11.5 Å². The van der Waals surface area contributed by atoms with Crippen molar-refractivity contribution in [2.24, 2.45) is 0 Å². The minimum absolute atomic E-state index is 0.0626. The number of aryl methyl sites for hydroxylation is 1. The van der Waals surface area contributed by atoms with E-state index in [9.17, 15) is 23.4 Å². The van der Waals surface area contributed by atoms with E-state index < -0.39 is 15.1 Å². The Balaban J connectivity index is 2.46. The van der Waals surface area contributed by atoms with Gasteiger partial charge < -0.3 is 15.1 Å². The highest BCUT2D eigenvalue weighted by Gasteiger charge is 2.37. The lowest BCUT2D eigenvalue weighted by atomic mass is 10.00. The molecule has 35 heavy (non-hydrogen) atoms. The van der Waals surface area contributed by atoms with Crippen LogP contribution in [0.4, 0.5) is 0 Å². The van der Waals surface area contributed by atoms with E-state index in [0.29, 0.717) is 31.4 Å². The quantitative estimate of drug-likeness (QED) is 0.291. The molecule has 1 atom stereocenters. The lowest BCUT2D eigenvalue weighted by Gasteiger charge is -2.32. The van der Waals surface area contributed by atoms with Gasteiger partial charge in [0.25, 0.3) is 0 Å². The molecule has 2 rings (SSSR count). The number of rotatable bonds is 11. The number of nitrogens with zero attached hydrogens (tertiary/aromatic N) is 1. The highest BCUT2D eigenvalue weighted by atomic mass is 32.2. The Kier molecular flexibility index (Phi) is 10.9. The van der Waals surface area contributed by atoms with E-state index in [-0.39, 0.29) is 40.8 Å². The Morgan fingerprint density at radius 2 is 1.86 bits per heavy atom. The topological polar surface area (TPSA) is 94.9 Å². The summed E-state index contributed by atoms with van der Waals surface area (Å²) in [5.74, 6) is -0.558. The maximum absolute atomic E-state index is 13.8. The number of likely N-dealkylation sites (tertiary alicyclic amines) is 1. The Bertz CT molecular complexity index is 1050. The standard InChI is InChI=1S/C28H43NO5S/c1-6-7-8-13-23-18-26(31)25(16-15-21(4)12-9-11-20(2)3)27(32)28(23)35(33,34)24-14-10-17-29(19-24)22(5)30/h11,15,18,24,31-32H,6-10,12-14,16-17,19H2,1-5H3/b21-15+. The van der Waals surface area contributed by atoms with Gasteiger partial charge in [-0.2, -0.15) is 0 Å². The number of hydrogen-bond donors (Lipinski definition) is 2. The predicted octanol–water partition coefficient (Wildman–Crippen LogP) is 5.85. The Labute approximate surface area is 211 Å². The summed E-state index contributed by atoms with van der Waals surface area (Å²) in [5, 5.41) is 21.2. The highest BCUT2D eigenvalue weighted by Crippen LogP contribution is 2.41. The molecule has 1 heterocycles. The van der Waals surface area contributed by atoms with Gasteiger partial charge in [0.15, 0.2) is 9.84 Å². The number of benzene rings is 1. The number of phenols is 2. The second-order valence-corrected chi connectivity index (χ2v) is 12.2. The molecular formula is C28H43NO5S. The van der Waals surface area contributed by atoms with Crippen LogP contribution in [0.2, 0.25) is 0 Å². The Morgan fingerprint density at radius 1 is 1.14 bits per heavy atom. The molecule has 1 fully saturated rings. The highest BCUT2D eigenvalue weighted by molar-refractivity contribution is 7.92. The van der Waals surface area contributed by atoms with Crippen LogP contribution in [0.25, 0.3) is 0 Å². The molecule has 0 spiro atoms. The van der Waals surface area contributed by atoms with Crippen LogP contribution < -0.4 is 0 Å². The van der Waals surface area contributed by atoms with Gasteiger partial charge in [-0.05, 0) is 77.3 Å². The van der Waals surface area contributed by atoms with Crippen LogP contribution >= 0.6 is 0 Å². The third kappa shape index (κ3) is 7.86. The smallest absolute Gasteiger partial charge is 0.219 e. The van der Waals surface area contributed by atoms with Crippen molar-refractivity contribution in [2.75, 3.05) is 13.1 Å². The molecule has 2 N–H and O–H groups in total. The normalized spacial score (nSPS) is 16.9. The zero-order valence-electron chi connectivity index (χ0n) is 22.1. The van der Waals surface area contributed by atoms with Crippen LogP contribution in [-0.4, -0.2) is 47.8 Å². The van der Waals surface area contributed by atoms with Crippen LogP contribution in [0.3, 0.4) is 0 Å². The summed E-state index contributed by atoms with van der Waals surface area (Å²) in [6.45, 7) is 10.3. The van der Waals surface area contributed by atoms with Crippen LogP contribution in [0.15, 0.2) is 34.3 Å². The number of unbranched alkanes of at least 4 members (excludes halogenated alkanes) is 2. The fraction of sp³-hybridized carbons (Fsp3) is 0.607. The number of carbonyl (C=O) groups excluding carboxylic acids is 1. The molecule has 196 valence electrons. The monoisotopic (exact) mass is 505 g/mol. The second kappa shape index (κ2) is 13.1. The van der Waals surface area contributed by atoms with Gasteiger partial charge in [-0.15, -0.1) is 0 Å². The number of piperidine rings is 1. The van der Waals surface area contributed by atoms with Crippen molar-refractivity contribution in [1.29, 1.82) is 0 Å². The van der Waals surface area contributed by atoms with E-state index in [1.165, 1.54) is 18.6 Å². The Morgan fingerprint density at radius 3 is 2.49 bits per heavy atom. The molecule has 1 saturated heterocycles. The number of allylic oxidation sites excluding steroid dienone is 4. The molecule has 1 aromatic carbocycles. The number of carbonyl (C=O) groups is 1. The molecule has 6 nitrogen and oxygen atoms in total. The van der Waals surface area contributed by atoms with Gasteiger partial charge in [-0.1, -0.05) is 43.1 Å². The molecule has 0 saturated carbocycles. The predicted molar refractivity (Wildman–Crippen MR) is 142 cm³/mol. The summed E-state index contributed by atoms with van der Waals surface area (Å²) >= 11 is 0. The SMILES string of the molecule is CCCCCc1cc(O)c(C/C=C(\C)CCC=C(C)C)c(O)c1S(=O)(=O)C1CCCN(C(C)=O)C1. The van der Waals surface area contributed by atoms with Crippen molar-refractivity contribution in [3.05, 3.63) is 40.5 Å². The van der Waals surface area contributed by atoms with Gasteiger partial charge in [0, 0.05) is 25.6 Å². The van der Waals surface area contributed by atoms with Crippen molar-refractivity contribution in [2.45, 2.75) is 103 Å². The molecule has 7 heteroatoms. The van der Waals surface area contributed by atoms with E-state index in [1.54, 1.807) is 4.90 Å². The van der Waals surface area contributed by atoms with Gasteiger partial charge in [-0.3, -0.25) is 4.79 Å². The molecule has 0 aliphatic carbocycles. The molecular weight excluding hydrogens is 462 g/mol. The number of amides is 1. The molecule has 1 amide bonds. The lowest BCUT2D eigenvalue weighted by Crippen LogP contribution is -2.44. The van der Waals surface area contributed by atoms with Crippen molar-refractivity contribution in [3.63, 3.8) is 0 Å². The van der Waals surface area contributed by atoms with Gasteiger partial charge in [0.1, 0.15) is 16.4 Å². The minimum Gasteiger partial charge on any atom is -0.508 e. The molecule has 0 aromatic heterocycles. The summed E-state index contributed by atoms with van der Waals surface area (Å²) < 4.78 is 27.7. The molecule has 1 unspecified atom stereocenters. The summed E-state index contributed by atoms with van der Waals surface area (Å²) in [6, 6.07) is 1.52. The first-order valence-corrected chi connectivity index (χ1v) is 14.4. The molecule has 1 aromatic rings. The fourth-order valence-electron chi connectivity index (χ4n) is 4.61. The van der Waals surface area contributed by atoms with Crippen molar-refractivity contribution in [3.8, 4) is 11.5 Å². The molecule has 1 aliphatic heterocycles. The average Bonchev–Trinajstić information content (AvgIpc) is 2.78. The Hall–Kier alpha value is -2.28. The number of phenolic OH excluding ortho intramolecular Hbond substituents is 2. The molecule has 0 bridgehead atoms. The van der Waals surface area contributed by atoms with E-state index in [2.05, 4.69) is 26.8 Å². The van der Waals surface area contributed by atoms with Gasteiger partial charge >= 0.3 is 0 Å². The summed E-state index contributed by atoms with van der Waals surface area (Å²) in [7, 11) is -3.91. The largest absolute Gasteiger partial charge is 0.508 e. The summed E-state index contributed by atoms with van der Waals surface area (Å²) in [6.07, 6.45) is 10.3. The van der Waals surface area contributed by atoms with Crippen LogP contribution in [-0.2, 0) is 27.5 Å². The van der Waals surface area contributed by atoms with Crippen LogP contribution in [0, 0.1) is 0 Å². The van der Waals surface area contributed by atoms with Crippen molar-refractivity contribution in [1.82, 2.24) is 4.90 Å². The summed E-state index contributed by atoms with van der Waals surface area (Å²) in [5.41, 5.74) is 3.07. The third-order valence-electron chi connectivity index (χ3n) is 6.76. The number of hydrogen-bond acceptors (Lipinski definition) is 5. The zero-order chi connectivity index (χ0) is 26.2. The van der Waals surface area contributed by atoms with E-state index in [0.717, 1.165) is 37.7 Å². The van der Waals surface area contributed by atoms with Crippen molar-refractivity contribution < 1.29 is 23.4 Å². The van der Waals surface area contributed by atoms with Crippen LogP contribution in [0.1, 0.15) is 90.7 Å². The van der Waals surface area contributed by atoms with Gasteiger partial charge in [0.05, 0.1) is 5.25 Å². The maximum Gasteiger partial charge on any atom is 0.219 e. The molecule has 0 radical (unpaired) electrons. The number of sulfone groups is 1. The number of aromatic hydroxyl groups is 2. The molecule has 1 aliphatic rings. The van der Waals surface area contributed by atoms with E-state index in [1.807, 2.05) is 13.0 Å². The lowest BCUT2D eigenvalue weighted by molar-refractivity contribution is -0.129. The van der Waals surface area contributed by atoms with Gasteiger partial charge in [-0.25, -0.2) is 8.42 Å². The maximum atomic E-state index is 13.8. The third-order valence-corrected chi connectivity index (χ3v) is 9.04. The van der Waals surface area contributed by atoms with E-state index >= 15 is 0 Å². The summed E-state index contributed by atoms with van der Waals surface area (Å²) in [4.78, 5) is 13.4. The van der Waals surface area contributed by atoms with E-state index in [4.69, 9.17) is 0 Å². The van der Waals surface area contributed by atoms with Crippen molar-refractivity contribution >= 4 is 15.7 Å². The van der Waals surface area contributed by atoms with Gasteiger partial charge in [0.2, 0.25) is 5.91 Å². The fourth-order valence-corrected chi connectivity index (χ4v) is 6.71. The average molecular weight is 506 g/mol.